The number of hydrogen-bond acceptors (Lipinski definition) is 3. The molecule has 0 aliphatic heterocycles. The maximum Gasteiger partial charge on any atom is 0.317 e. The predicted molar refractivity (Wildman–Crippen MR) is 80.9 cm³/mol. The first-order valence-corrected chi connectivity index (χ1v) is 6.20. The summed E-state index contributed by atoms with van der Waals surface area (Å²) in [5.41, 5.74) is 12.2. The lowest BCUT2D eigenvalue weighted by molar-refractivity contribution is 0.100. The lowest BCUT2D eigenvalue weighted by Gasteiger charge is -2.00. The fourth-order valence-electron chi connectivity index (χ4n) is 2.07. The molecule has 0 bridgehead atoms. The topological polar surface area (TPSA) is 123 Å². The molecule has 2 rings (SSSR count). The molecule has 0 spiro atoms. The molecule has 1 heterocycles. The predicted octanol–water partition coefficient (Wildman–Crippen LogP) is 1.42. The minimum Gasteiger partial charge on any atom is -0.381 e. The van der Waals surface area contributed by atoms with Gasteiger partial charge in [-0.15, -0.1) is 0 Å². The Morgan fingerprint density at radius 3 is 2.76 bits per heavy atom. The molecule has 0 saturated carbocycles. The Morgan fingerprint density at radius 2 is 2.14 bits per heavy atom. The van der Waals surface area contributed by atoms with Crippen LogP contribution in [-0.2, 0) is 4.74 Å². The van der Waals surface area contributed by atoms with Gasteiger partial charge in [-0.05, 0) is 11.6 Å². The molecule has 1 aromatic carbocycles. The zero-order chi connectivity index (χ0) is 15.4. The standard InChI is InChI=1S/C14H16N4O3/c1-21-6-2-3-8-4-5-9-10(7-8)17-13(18-14(16)20)11(9)12(15)19/h2-5,7,17H,6H2,1H3,(H2,15,19)(H3,16,18,20)/b3-2+. The number of carbonyl (C=O) groups is 2. The van der Waals surface area contributed by atoms with Gasteiger partial charge in [-0.2, -0.15) is 0 Å². The third-order valence-electron chi connectivity index (χ3n) is 2.89. The molecule has 0 radical (unpaired) electrons. The molecule has 110 valence electrons. The van der Waals surface area contributed by atoms with Crippen molar-refractivity contribution in [3.63, 3.8) is 0 Å². The minimum absolute atomic E-state index is 0.197. The normalized spacial score (nSPS) is 11.1. The van der Waals surface area contributed by atoms with Crippen molar-refractivity contribution in [3.8, 4) is 0 Å². The molecule has 0 unspecified atom stereocenters. The largest absolute Gasteiger partial charge is 0.381 e. The summed E-state index contributed by atoms with van der Waals surface area (Å²) in [7, 11) is 1.61. The molecule has 0 aliphatic rings. The SMILES string of the molecule is COC/C=C/c1ccc2c(C(N)=O)c(NC(N)=O)[nH]c2c1. The van der Waals surface area contributed by atoms with Gasteiger partial charge in [0.25, 0.3) is 5.91 Å². The second-order valence-electron chi connectivity index (χ2n) is 4.39. The number of fused-ring (bicyclic) bond motifs is 1. The number of carbonyl (C=O) groups excluding carboxylic acids is 2. The molecule has 0 atom stereocenters. The van der Waals surface area contributed by atoms with Crippen molar-refractivity contribution in [1.82, 2.24) is 4.98 Å². The fourth-order valence-corrected chi connectivity index (χ4v) is 2.07. The Labute approximate surface area is 120 Å². The minimum atomic E-state index is -0.774. The first kappa shape index (κ1) is 14.6. The van der Waals surface area contributed by atoms with E-state index in [-0.39, 0.29) is 11.4 Å². The van der Waals surface area contributed by atoms with Crippen molar-refractivity contribution in [2.24, 2.45) is 11.5 Å². The van der Waals surface area contributed by atoms with Crippen LogP contribution in [0.5, 0.6) is 0 Å². The second kappa shape index (κ2) is 6.10. The summed E-state index contributed by atoms with van der Waals surface area (Å²) < 4.78 is 4.93. The first-order chi connectivity index (χ1) is 10.0. The highest BCUT2D eigenvalue weighted by molar-refractivity contribution is 6.13. The number of ether oxygens (including phenoxy) is 1. The molecule has 0 fully saturated rings. The molecule has 0 saturated heterocycles. The average molecular weight is 288 g/mol. The van der Waals surface area contributed by atoms with Crippen LogP contribution in [0.4, 0.5) is 10.6 Å². The first-order valence-electron chi connectivity index (χ1n) is 6.20. The van der Waals surface area contributed by atoms with Crippen LogP contribution in [0, 0.1) is 0 Å². The molecule has 6 N–H and O–H groups in total. The monoisotopic (exact) mass is 288 g/mol. The van der Waals surface area contributed by atoms with Gasteiger partial charge in [-0.25, -0.2) is 4.79 Å². The number of rotatable bonds is 5. The molecule has 1 aromatic heterocycles. The van der Waals surface area contributed by atoms with Gasteiger partial charge >= 0.3 is 6.03 Å². The van der Waals surface area contributed by atoms with Gasteiger partial charge in [0, 0.05) is 18.0 Å². The number of benzene rings is 1. The summed E-state index contributed by atoms with van der Waals surface area (Å²) >= 11 is 0. The lowest BCUT2D eigenvalue weighted by atomic mass is 10.1. The third-order valence-corrected chi connectivity index (χ3v) is 2.89. The van der Waals surface area contributed by atoms with Crippen molar-refractivity contribution in [2.45, 2.75) is 0 Å². The summed E-state index contributed by atoms with van der Waals surface area (Å²) in [5, 5.41) is 2.98. The van der Waals surface area contributed by atoms with Crippen molar-refractivity contribution in [2.75, 3.05) is 19.0 Å². The number of hydrogen-bond donors (Lipinski definition) is 4. The number of aromatic nitrogens is 1. The number of nitrogens with two attached hydrogens (primary N) is 2. The zero-order valence-corrected chi connectivity index (χ0v) is 11.5. The van der Waals surface area contributed by atoms with E-state index in [9.17, 15) is 9.59 Å². The Balaban J connectivity index is 2.48. The number of nitrogens with one attached hydrogen (secondary N) is 2. The zero-order valence-electron chi connectivity index (χ0n) is 11.5. The van der Waals surface area contributed by atoms with Crippen molar-refractivity contribution < 1.29 is 14.3 Å². The number of anilines is 1. The maximum atomic E-state index is 11.6. The average Bonchev–Trinajstić information content (AvgIpc) is 2.75. The Kier molecular flexibility index (Phi) is 4.24. The van der Waals surface area contributed by atoms with E-state index in [1.165, 1.54) is 0 Å². The van der Waals surface area contributed by atoms with Gasteiger partial charge in [0.15, 0.2) is 0 Å². The van der Waals surface area contributed by atoms with Crippen LogP contribution in [0.1, 0.15) is 15.9 Å². The van der Waals surface area contributed by atoms with Gasteiger partial charge in [0.1, 0.15) is 5.82 Å². The Morgan fingerprint density at radius 1 is 1.38 bits per heavy atom. The Bertz CT molecular complexity index is 718. The maximum absolute atomic E-state index is 11.6. The molecular formula is C14H16N4O3. The molecule has 3 amide bonds. The lowest BCUT2D eigenvalue weighted by Crippen LogP contribution is -2.22. The molecular weight excluding hydrogens is 272 g/mol. The third kappa shape index (κ3) is 3.21. The van der Waals surface area contributed by atoms with Crippen LogP contribution in [0.2, 0.25) is 0 Å². The van der Waals surface area contributed by atoms with E-state index in [4.69, 9.17) is 16.2 Å². The highest BCUT2D eigenvalue weighted by Crippen LogP contribution is 2.27. The van der Waals surface area contributed by atoms with E-state index in [2.05, 4.69) is 10.3 Å². The summed E-state index contributed by atoms with van der Waals surface area (Å²) in [5.74, 6) is -0.448. The van der Waals surface area contributed by atoms with Crippen molar-refractivity contribution in [1.29, 1.82) is 0 Å². The van der Waals surface area contributed by atoms with Crippen LogP contribution >= 0.6 is 0 Å². The Hall–Kier alpha value is -2.80. The summed E-state index contributed by atoms with van der Waals surface area (Å²) in [6.07, 6.45) is 3.75. The van der Waals surface area contributed by atoms with Gasteiger partial charge in [-0.3, -0.25) is 10.1 Å². The molecule has 2 aromatic rings. The quantitative estimate of drug-likeness (QED) is 0.665. The number of H-pyrrole nitrogens is 1. The highest BCUT2D eigenvalue weighted by Gasteiger charge is 2.17. The summed E-state index contributed by atoms with van der Waals surface area (Å²) in [6.45, 7) is 0.504. The van der Waals surface area contributed by atoms with Gasteiger partial charge < -0.3 is 21.2 Å². The molecule has 21 heavy (non-hydrogen) atoms. The van der Waals surface area contributed by atoms with Gasteiger partial charge in [-0.1, -0.05) is 24.3 Å². The van der Waals surface area contributed by atoms with Crippen molar-refractivity contribution >= 4 is 34.7 Å². The van der Waals surface area contributed by atoms with E-state index >= 15 is 0 Å². The van der Waals surface area contributed by atoms with Crippen molar-refractivity contribution in [3.05, 3.63) is 35.4 Å². The number of urea groups is 1. The van der Waals surface area contributed by atoms with Crippen LogP contribution in [0.3, 0.4) is 0 Å². The van der Waals surface area contributed by atoms with Gasteiger partial charge in [0.05, 0.1) is 12.2 Å². The number of primary amides is 2. The van der Waals surface area contributed by atoms with Crippen LogP contribution in [0.15, 0.2) is 24.3 Å². The summed E-state index contributed by atoms with van der Waals surface area (Å²) in [6, 6.07) is 4.65. The van der Waals surface area contributed by atoms with E-state index in [1.807, 2.05) is 24.3 Å². The van der Waals surface area contributed by atoms with E-state index in [1.54, 1.807) is 13.2 Å². The van der Waals surface area contributed by atoms with E-state index < -0.39 is 11.9 Å². The number of methoxy groups -OCH3 is 1. The molecule has 7 heteroatoms. The smallest absolute Gasteiger partial charge is 0.317 e. The van der Waals surface area contributed by atoms with Crippen LogP contribution in [0.25, 0.3) is 17.0 Å². The van der Waals surface area contributed by atoms with Gasteiger partial charge in [0.2, 0.25) is 0 Å². The second-order valence-corrected chi connectivity index (χ2v) is 4.39. The highest BCUT2D eigenvalue weighted by atomic mass is 16.5. The van der Waals surface area contributed by atoms with E-state index in [0.717, 1.165) is 5.56 Å². The fraction of sp³-hybridized carbons (Fsp3) is 0.143. The molecule has 0 aliphatic carbocycles. The van der Waals surface area contributed by atoms with E-state index in [0.29, 0.717) is 17.5 Å². The van der Waals surface area contributed by atoms with Crippen LogP contribution in [-0.4, -0.2) is 30.6 Å². The van der Waals surface area contributed by atoms with Crippen LogP contribution < -0.4 is 16.8 Å². The summed E-state index contributed by atoms with van der Waals surface area (Å²) in [4.78, 5) is 25.5. The number of amides is 3. The number of aromatic amines is 1. The molecule has 7 nitrogen and oxygen atoms in total.